The smallest absolute Gasteiger partial charge is 0.122 e. The van der Waals surface area contributed by atoms with E-state index in [0.29, 0.717) is 6.61 Å². The zero-order valence-corrected chi connectivity index (χ0v) is 21.6. The molecule has 0 saturated heterocycles. The van der Waals surface area contributed by atoms with Gasteiger partial charge in [0.1, 0.15) is 12.4 Å². The Bertz CT molecular complexity index is 922. The first-order valence-electron chi connectivity index (χ1n) is 13.0. The highest BCUT2D eigenvalue weighted by Gasteiger charge is 2.34. The van der Waals surface area contributed by atoms with Crippen molar-refractivity contribution in [2.75, 3.05) is 6.61 Å². The fourth-order valence-electron chi connectivity index (χ4n) is 5.18. The van der Waals surface area contributed by atoms with E-state index in [0.717, 1.165) is 36.1 Å². The monoisotopic (exact) mass is 468 g/mol. The van der Waals surface area contributed by atoms with Crippen LogP contribution in [0.25, 0.3) is 0 Å². The molecule has 1 aliphatic rings. The Kier molecular flexibility index (Phi) is 9.20. The standard InChI is InChI=1S/C30H44O4/c1-5-23-18-26(11-12-27(23)34-21-28(33)29(2,3)4)30(14-7-6-8-15-30)16-13-22-9-10-24(19-31)25(17-22)20-32/h9-12,17-18,28,31-33H,5-8,13-16,19-21H2,1-4H3. The average molecular weight is 469 g/mol. The van der Waals surface area contributed by atoms with Crippen LogP contribution in [-0.2, 0) is 31.5 Å². The molecule has 1 unspecified atom stereocenters. The van der Waals surface area contributed by atoms with E-state index in [1.54, 1.807) is 0 Å². The van der Waals surface area contributed by atoms with E-state index in [2.05, 4.69) is 37.3 Å². The minimum absolute atomic E-state index is 0.0406. The maximum absolute atomic E-state index is 10.4. The Labute approximate surface area is 206 Å². The largest absolute Gasteiger partial charge is 0.491 e. The minimum atomic E-state index is -0.511. The molecule has 4 heteroatoms. The molecule has 0 spiro atoms. The van der Waals surface area contributed by atoms with E-state index < -0.39 is 6.10 Å². The van der Waals surface area contributed by atoms with Crippen molar-refractivity contribution in [1.82, 2.24) is 0 Å². The molecule has 1 saturated carbocycles. The fourth-order valence-corrected chi connectivity index (χ4v) is 5.18. The summed E-state index contributed by atoms with van der Waals surface area (Å²) >= 11 is 0. The van der Waals surface area contributed by atoms with Gasteiger partial charge in [0.05, 0.1) is 19.3 Å². The Morgan fingerprint density at radius 3 is 2.24 bits per heavy atom. The molecule has 3 rings (SSSR count). The molecule has 1 atom stereocenters. The molecule has 0 heterocycles. The average Bonchev–Trinajstić information content (AvgIpc) is 2.85. The molecule has 2 aromatic carbocycles. The van der Waals surface area contributed by atoms with Gasteiger partial charge in [-0.1, -0.05) is 77.3 Å². The highest BCUT2D eigenvalue weighted by Crippen LogP contribution is 2.44. The first kappa shape index (κ1) is 26.7. The van der Waals surface area contributed by atoms with Crippen LogP contribution in [0.1, 0.15) is 94.0 Å². The molecular formula is C30H44O4. The number of hydrogen-bond acceptors (Lipinski definition) is 4. The summed E-state index contributed by atoms with van der Waals surface area (Å²) in [4.78, 5) is 0. The van der Waals surface area contributed by atoms with Gasteiger partial charge in [0, 0.05) is 0 Å². The number of aryl methyl sites for hydroxylation is 2. The predicted molar refractivity (Wildman–Crippen MR) is 138 cm³/mol. The third-order valence-corrected chi connectivity index (χ3v) is 7.76. The summed E-state index contributed by atoms with van der Waals surface area (Å²) in [5, 5.41) is 29.6. The zero-order chi connectivity index (χ0) is 24.8. The summed E-state index contributed by atoms with van der Waals surface area (Å²) in [5.41, 5.74) is 5.41. The number of rotatable bonds is 10. The number of ether oxygens (including phenoxy) is 1. The van der Waals surface area contributed by atoms with Crippen LogP contribution in [-0.4, -0.2) is 28.0 Å². The van der Waals surface area contributed by atoms with Crippen molar-refractivity contribution < 1.29 is 20.1 Å². The van der Waals surface area contributed by atoms with Gasteiger partial charge in [-0.2, -0.15) is 0 Å². The molecule has 3 N–H and O–H groups in total. The predicted octanol–water partition coefficient (Wildman–Crippen LogP) is 5.85. The van der Waals surface area contributed by atoms with E-state index in [-0.39, 0.29) is 24.0 Å². The van der Waals surface area contributed by atoms with Crippen LogP contribution in [0, 0.1) is 5.41 Å². The molecule has 0 aliphatic heterocycles. The number of hydrogen-bond donors (Lipinski definition) is 3. The van der Waals surface area contributed by atoms with Crippen molar-refractivity contribution in [2.24, 2.45) is 5.41 Å². The first-order chi connectivity index (χ1) is 16.2. The minimum Gasteiger partial charge on any atom is -0.491 e. The van der Waals surface area contributed by atoms with Gasteiger partial charge in [-0.05, 0) is 76.8 Å². The molecule has 0 aromatic heterocycles. The van der Waals surface area contributed by atoms with Crippen molar-refractivity contribution in [3.63, 3.8) is 0 Å². The van der Waals surface area contributed by atoms with E-state index in [1.807, 2.05) is 26.8 Å². The summed E-state index contributed by atoms with van der Waals surface area (Å²) in [7, 11) is 0. The number of aliphatic hydroxyl groups is 3. The maximum Gasteiger partial charge on any atom is 0.122 e. The molecule has 1 fully saturated rings. The van der Waals surface area contributed by atoms with Crippen molar-refractivity contribution in [3.05, 3.63) is 64.2 Å². The van der Waals surface area contributed by atoms with Crippen LogP contribution in [0.3, 0.4) is 0 Å². The lowest BCUT2D eigenvalue weighted by Crippen LogP contribution is -2.32. The fraction of sp³-hybridized carbons (Fsp3) is 0.600. The molecular weight excluding hydrogens is 424 g/mol. The molecule has 1 aliphatic carbocycles. The van der Waals surface area contributed by atoms with E-state index >= 15 is 0 Å². The number of aliphatic hydroxyl groups excluding tert-OH is 3. The van der Waals surface area contributed by atoms with E-state index in [1.165, 1.54) is 48.8 Å². The van der Waals surface area contributed by atoms with Crippen LogP contribution < -0.4 is 4.74 Å². The van der Waals surface area contributed by atoms with Gasteiger partial charge < -0.3 is 20.1 Å². The van der Waals surface area contributed by atoms with Gasteiger partial charge in [0.2, 0.25) is 0 Å². The van der Waals surface area contributed by atoms with E-state index in [9.17, 15) is 15.3 Å². The lowest BCUT2D eigenvalue weighted by atomic mass is 9.66. The first-order valence-corrected chi connectivity index (χ1v) is 13.0. The van der Waals surface area contributed by atoms with Crippen LogP contribution in [0.2, 0.25) is 0 Å². The van der Waals surface area contributed by atoms with Gasteiger partial charge in [0.15, 0.2) is 0 Å². The quantitative estimate of drug-likeness (QED) is 0.409. The van der Waals surface area contributed by atoms with Gasteiger partial charge in [0.25, 0.3) is 0 Å². The second kappa shape index (κ2) is 11.7. The summed E-state index contributed by atoms with van der Waals surface area (Å²) in [5.74, 6) is 0.882. The van der Waals surface area contributed by atoms with Crippen molar-refractivity contribution in [2.45, 2.75) is 104 Å². The van der Waals surface area contributed by atoms with Crippen molar-refractivity contribution in [3.8, 4) is 5.75 Å². The van der Waals surface area contributed by atoms with Crippen molar-refractivity contribution in [1.29, 1.82) is 0 Å². The highest BCUT2D eigenvalue weighted by molar-refractivity contribution is 5.41. The SMILES string of the molecule is CCc1cc(C2(CCc3ccc(CO)c(CO)c3)CCCCC2)ccc1OCC(O)C(C)(C)C. The molecule has 188 valence electrons. The summed E-state index contributed by atoms with van der Waals surface area (Å²) < 4.78 is 6.07. The second-order valence-corrected chi connectivity index (χ2v) is 11.1. The Morgan fingerprint density at radius 2 is 1.62 bits per heavy atom. The topological polar surface area (TPSA) is 69.9 Å². The molecule has 0 radical (unpaired) electrons. The molecule has 0 amide bonds. The Morgan fingerprint density at radius 1 is 0.912 bits per heavy atom. The summed E-state index contributed by atoms with van der Waals surface area (Å²) in [6.45, 7) is 8.47. The lowest BCUT2D eigenvalue weighted by Gasteiger charge is -2.39. The summed E-state index contributed by atoms with van der Waals surface area (Å²) in [6, 6.07) is 12.8. The van der Waals surface area contributed by atoms with Crippen LogP contribution >= 0.6 is 0 Å². The van der Waals surface area contributed by atoms with Crippen molar-refractivity contribution >= 4 is 0 Å². The van der Waals surface area contributed by atoms with Gasteiger partial charge in [-0.25, -0.2) is 0 Å². The van der Waals surface area contributed by atoms with Gasteiger partial charge >= 0.3 is 0 Å². The third-order valence-electron chi connectivity index (χ3n) is 7.76. The Balaban J connectivity index is 1.81. The Hall–Kier alpha value is -1.88. The molecule has 4 nitrogen and oxygen atoms in total. The zero-order valence-electron chi connectivity index (χ0n) is 21.6. The van der Waals surface area contributed by atoms with Gasteiger partial charge in [-0.15, -0.1) is 0 Å². The summed E-state index contributed by atoms with van der Waals surface area (Å²) in [6.07, 6.45) is 8.61. The van der Waals surface area contributed by atoms with E-state index in [4.69, 9.17) is 4.74 Å². The van der Waals surface area contributed by atoms with Gasteiger partial charge in [-0.3, -0.25) is 0 Å². The normalized spacial score (nSPS) is 16.9. The third kappa shape index (κ3) is 6.41. The molecule has 0 bridgehead atoms. The highest BCUT2D eigenvalue weighted by atomic mass is 16.5. The number of benzene rings is 2. The van der Waals surface area contributed by atoms with Crippen LogP contribution in [0.15, 0.2) is 36.4 Å². The maximum atomic E-state index is 10.4. The van der Waals surface area contributed by atoms with Crippen LogP contribution in [0.4, 0.5) is 0 Å². The second-order valence-electron chi connectivity index (χ2n) is 11.1. The molecule has 2 aromatic rings. The molecule has 34 heavy (non-hydrogen) atoms. The lowest BCUT2D eigenvalue weighted by molar-refractivity contribution is 0.0215. The van der Waals surface area contributed by atoms with Crippen LogP contribution in [0.5, 0.6) is 5.75 Å².